The van der Waals surface area contributed by atoms with Gasteiger partial charge in [-0.1, -0.05) is 20.8 Å². The Hall–Kier alpha value is -2.07. The minimum atomic E-state index is -4.21. The van der Waals surface area contributed by atoms with Crippen LogP contribution < -0.4 is 5.32 Å². The van der Waals surface area contributed by atoms with E-state index in [0.29, 0.717) is 6.07 Å². The number of hydrogen-bond acceptors (Lipinski definition) is 4. The van der Waals surface area contributed by atoms with E-state index in [2.05, 4.69) is 5.32 Å². The lowest BCUT2D eigenvalue weighted by atomic mass is 9.95. The molecule has 1 aliphatic rings. The molecule has 10 heteroatoms. The molecule has 0 saturated carbocycles. The molecule has 2 amide bonds. The third kappa shape index (κ3) is 4.85. The summed E-state index contributed by atoms with van der Waals surface area (Å²) >= 11 is 0. The Balaban J connectivity index is 2.03. The van der Waals surface area contributed by atoms with E-state index in [1.54, 1.807) is 27.7 Å². The molecule has 7 nitrogen and oxygen atoms in total. The summed E-state index contributed by atoms with van der Waals surface area (Å²) in [5.41, 5.74) is -0.643. The van der Waals surface area contributed by atoms with E-state index < -0.39 is 38.0 Å². The zero-order valence-electron chi connectivity index (χ0n) is 16.3. The van der Waals surface area contributed by atoms with Crippen LogP contribution in [0.1, 0.15) is 27.7 Å². The maximum Gasteiger partial charge on any atom is 0.246 e. The molecule has 0 radical (unpaired) electrons. The van der Waals surface area contributed by atoms with Crippen molar-refractivity contribution in [3.63, 3.8) is 0 Å². The number of nitrogens with one attached hydrogen (secondary N) is 1. The first-order chi connectivity index (χ1) is 12.8. The predicted octanol–water partition coefficient (Wildman–Crippen LogP) is 1.35. The maximum absolute atomic E-state index is 13.9. The van der Waals surface area contributed by atoms with E-state index in [4.69, 9.17) is 0 Å². The van der Waals surface area contributed by atoms with Crippen molar-refractivity contribution >= 4 is 21.8 Å². The summed E-state index contributed by atoms with van der Waals surface area (Å²) in [4.78, 5) is 25.3. The van der Waals surface area contributed by atoms with E-state index in [9.17, 15) is 26.8 Å². The van der Waals surface area contributed by atoms with Crippen molar-refractivity contribution in [2.45, 2.75) is 38.6 Å². The molecule has 156 valence electrons. The number of piperazine rings is 1. The van der Waals surface area contributed by atoms with Crippen LogP contribution in [0.5, 0.6) is 0 Å². The maximum atomic E-state index is 13.9. The molecule has 1 heterocycles. The Morgan fingerprint density at radius 1 is 1.11 bits per heavy atom. The lowest BCUT2D eigenvalue weighted by molar-refractivity contribution is -0.139. The second-order valence-corrected chi connectivity index (χ2v) is 9.66. The van der Waals surface area contributed by atoms with Crippen LogP contribution >= 0.6 is 0 Å². The minimum Gasteiger partial charge on any atom is -0.344 e. The number of carbonyl (C=O) groups is 2. The fourth-order valence-electron chi connectivity index (χ4n) is 2.71. The van der Waals surface area contributed by atoms with Gasteiger partial charge in [0.05, 0.1) is 0 Å². The lowest BCUT2D eigenvalue weighted by Gasteiger charge is -2.35. The molecular formula is C18H25F2N3O4S. The van der Waals surface area contributed by atoms with Gasteiger partial charge in [-0.15, -0.1) is 0 Å². The van der Waals surface area contributed by atoms with Gasteiger partial charge in [0, 0.05) is 31.6 Å². The molecule has 1 aliphatic heterocycles. The molecule has 1 aromatic carbocycles. The van der Waals surface area contributed by atoms with Crippen molar-refractivity contribution in [1.29, 1.82) is 0 Å². The number of nitrogens with zero attached hydrogens (tertiary/aromatic N) is 2. The monoisotopic (exact) mass is 417 g/mol. The Kier molecular flexibility index (Phi) is 6.44. The van der Waals surface area contributed by atoms with Crippen LogP contribution in [0, 0.1) is 17.0 Å². The highest BCUT2D eigenvalue weighted by Crippen LogP contribution is 2.22. The van der Waals surface area contributed by atoms with Crippen LogP contribution in [0.2, 0.25) is 0 Å². The summed E-state index contributed by atoms with van der Waals surface area (Å²) < 4.78 is 53.4. The van der Waals surface area contributed by atoms with Crippen molar-refractivity contribution in [2.75, 3.05) is 26.2 Å². The quantitative estimate of drug-likeness (QED) is 0.801. The average molecular weight is 417 g/mol. The summed E-state index contributed by atoms with van der Waals surface area (Å²) in [6.45, 7) is 6.83. The van der Waals surface area contributed by atoms with Gasteiger partial charge in [-0.3, -0.25) is 9.59 Å². The van der Waals surface area contributed by atoms with Crippen LogP contribution in [0.15, 0.2) is 23.1 Å². The third-order valence-corrected chi connectivity index (χ3v) is 6.37. The summed E-state index contributed by atoms with van der Waals surface area (Å²) in [5, 5.41) is 2.64. The minimum absolute atomic E-state index is 0.0516. The second kappa shape index (κ2) is 8.12. The van der Waals surface area contributed by atoms with Gasteiger partial charge in [-0.2, -0.15) is 4.31 Å². The van der Waals surface area contributed by atoms with Crippen LogP contribution in [0.25, 0.3) is 0 Å². The molecule has 1 saturated heterocycles. The molecule has 28 heavy (non-hydrogen) atoms. The van der Waals surface area contributed by atoms with E-state index in [1.807, 2.05) is 0 Å². The summed E-state index contributed by atoms with van der Waals surface area (Å²) in [6, 6.07) is 1.50. The fourth-order valence-corrected chi connectivity index (χ4v) is 4.21. The van der Waals surface area contributed by atoms with Crippen LogP contribution in [0.4, 0.5) is 8.78 Å². The summed E-state index contributed by atoms with van der Waals surface area (Å²) in [7, 11) is -4.21. The number of carbonyl (C=O) groups excluding carboxylic acids is 2. The van der Waals surface area contributed by atoms with Crippen LogP contribution in [0.3, 0.4) is 0 Å². The molecule has 1 N–H and O–H groups in total. The van der Waals surface area contributed by atoms with Gasteiger partial charge >= 0.3 is 0 Å². The topological polar surface area (TPSA) is 86.8 Å². The highest BCUT2D eigenvalue weighted by Gasteiger charge is 2.34. The summed E-state index contributed by atoms with van der Waals surface area (Å²) in [5.74, 6) is -2.47. The molecule has 0 aliphatic carbocycles. The standard InChI is InChI=1S/C18H25F2N3O4S/c1-12(21-17(25)18(2,3)4)16(24)22-7-9-23(10-8-22)28(26,27)15-11-13(19)5-6-14(15)20/h5-6,11-12H,7-10H2,1-4H3,(H,21,25). The number of rotatable bonds is 4. The predicted molar refractivity (Wildman–Crippen MR) is 98.8 cm³/mol. The van der Waals surface area contributed by atoms with Crippen LogP contribution in [-0.4, -0.2) is 61.7 Å². The molecule has 0 bridgehead atoms. The third-order valence-electron chi connectivity index (χ3n) is 4.46. The Bertz CT molecular complexity index is 860. The van der Waals surface area contributed by atoms with E-state index in [-0.39, 0.29) is 38.0 Å². The fraction of sp³-hybridized carbons (Fsp3) is 0.556. The highest BCUT2D eigenvalue weighted by atomic mass is 32.2. The van der Waals surface area contributed by atoms with Gasteiger partial charge < -0.3 is 10.2 Å². The van der Waals surface area contributed by atoms with Crippen LogP contribution in [-0.2, 0) is 19.6 Å². The molecule has 1 aromatic rings. The molecule has 1 atom stereocenters. The number of hydrogen-bond donors (Lipinski definition) is 1. The lowest BCUT2D eigenvalue weighted by Crippen LogP contribution is -2.55. The number of sulfonamides is 1. The normalized spacial score (nSPS) is 17.3. The first-order valence-corrected chi connectivity index (χ1v) is 10.3. The number of halogens is 2. The van der Waals surface area contributed by atoms with Gasteiger partial charge in [0.15, 0.2) is 0 Å². The zero-order chi connectivity index (χ0) is 21.3. The number of amides is 2. The average Bonchev–Trinajstić information content (AvgIpc) is 2.62. The molecule has 1 fully saturated rings. The van der Waals surface area contributed by atoms with Gasteiger partial charge in [-0.25, -0.2) is 17.2 Å². The summed E-state index contributed by atoms with van der Waals surface area (Å²) in [6.07, 6.45) is 0. The van der Waals surface area contributed by atoms with E-state index in [0.717, 1.165) is 16.4 Å². The van der Waals surface area contributed by atoms with Crippen molar-refractivity contribution in [1.82, 2.24) is 14.5 Å². The van der Waals surface area contributed by atoms with Crippen molar-refractivity contribution < 1.29 is 26.8 Å². The van der Waals surface area contributed by atoms with Crippen molar-refractivity contribution in [3.8, 4) is 0 Å². The molecular weight excluding hydrogens is 392 g/mol. The Morgan fingerprint density at radius 3 is 2.21 bits per heavy atom. The van der Waals surface area contributed by atoms with Crippen molar-refractivity contribution in [2.24, 2.45) is 5.41 Å². The second-order valence-electron chi connectivity index (χ2n) is 7.75. The molecule has 1 unspecified atom stereocenters. The van der Waals surface area contributed by atoms with Gasteiger partial charge in [0.25, 0.3) is 0 Å². The van der Waals surface area contributed by atoms with Crippen molar-refractivity contribution in [3.05, 3.63) is 29.8 Å². The smallest absolute Gasteiger partial charge is 0.246 e. The molecule has 0 spiro atoms. The Morgan fingerprint density at radius 2 is 1.68 bits per heavy atom. The van der Waals surface area contributed by atoms with Gasteiger partial charge in [-0.05, 0) is 25.1 Å². The zero-order valence-corrected chi connectivity index (χ0v) is 17.1. The van der Waals surface area contributed by atoms with Gasteiger partial charge in [0.1, 0.15) is 22.6 Å². The largest absolute Gasteiger partial charge is 0.344 e. The first-order valence-electron chi connectivity index (χ1n) is 8.89. The first kappa shape index (κ1) is 22.2. The molecule has 0 aromatic heterocycles. The van der Waals surface area contributed by atoms with E-state index >= 15 is 0 Å². The SMILES string of the molecule is CC(NC(=O)C(C)(C)C)C(=O)N1CCN(S(=O)(=O)c2cc(F)ccc2F)CC1. The highest BCUT2D eigenvalue weighted by molar-refractivity contribution is 7.89. The van der Waals surface area contributed by atoms with E-state index in [1.165, 1.54) is 4.90 Å². The van der Waals surface area contributed by atoms with Gasteiger partial charge in [0.2, 0.25) is 21.8 Å². The number of benzene rings is 1. The molecule has 2 rings (SSSR count). The Labute approximate surface area is 163 Å².